The number of carbonyl (C=O) groups excluding carboxylic acids is 1. The van der Waals surface area contributed by atoms with Gasteiger partial charge < -0.3 is 9.47 Å². The van der Waals surface area contributed by atoms with Gasteiger partial charge in [0.15, 0.2) is 0 Å². The summed E-state index contributed by atoms with van der Waals surface area (Å²) in [6.45, 7) is 6.52. The number of nitrogens with zero attached hydrogens (tertiary/aromatic N) is 4. The van der Waals surface area contributed by atoms with Gasteiger partial charge in [0.05, 0.1) is 15.9 Å². The van der Waals surface area contributed by atoms with E-state index in [0.29, 0.717) is 49.4 Å². The zero-order valence-corrected chi connectivity index (χ0v) is 17.8. The molecule has 1 amide bonds. The maximum atomic E-state index is 12.9. The summed E-state index contributed by atoms with van der Waals surface area (Å²) < 4.78 is 29.4. The number of benzene rings is 1. The molecule has 2 heterocycles. The number of fused-ring (bicyclic) bond motifs is 1. The molecule has 0 radical (unpaired) electrons. The number of aryl methyl sites for hydroxylation is 2. The Labute approximate surface area is 167 Å². The number of aromatic nitrogens is 2. The molecule has 2 aromatic rings. The third-order valence-electron chi connectivity index (χ3n) is 5.58. The molecule has 0 aliphatic carbocycles. The highest BCUT2D eigenvalue weighted by Gasteiger charge is 2.26. The van der Waals surface area contributed by atoms with E-state index in [1.54, 1.807) is 16.4 Å². The number of carbonyl (C=O) groups is 1. The molecule has 3 rings (SSSR count). The first kappa shape index (κ1) is 20.8. The van der Waals surface area contributed by atoms with Crippen molar-refractivity contribution in [1.29, 1.82) is 0 Å². The molecular weight excluding hydrogens is 376 g/mol. The highest BCUT2D eigenvalue weighted by molar-refractivity contribution is 7.89. The van der Waals surface area contributed by atoms with Gasteiger partial charge in [-0.3, -0.25) is 4.79 Å². The molecule has 0 atom stereocenters. The Morgan fingerprint density at radius 2 is 1.82 bits per heavy atom. The molecule has 0 N–H and O–H groups in total. The molecular formula is C20H30N4O3S. The number of amides is 1. The lowest BCUT2D eigenvalue weighted by atomic mass is 10.2. The van der Waals surface area contributed by atoms with Crippen LogP contribution in [-0.2, 0) is 28.3 Å². The molecule has 0 bridgehead atoms. The third kappa shape index (κ3) is 4.07. The van der Waals surface area contributed by atoms with Gasteiger partial charge in [0.1, 0.15) is 5.82 Å². The van der Waals surface area contributed by atoms with Crippen molar-refractivity contribution in [3.63, 3.8) is 0 Å². The van der Waals surface area contributed by atoms with Gasteiger partial charge in [-0.15, -0.1) is 0 Å². The van der Waals surface area contributed by atoms with Crippen LogP contribution in [0, 0.1) is 0 Å². The fourth-order valence-electron chi connectivity index (χ4n) is 3.82. The van der Waals surface area contributed by atoms with Crippen LogP contribution in [0.4, 0.5) is 0 Å². The summed E-state index contributed by atoms with van der Waals surface area (Å²) in [5.74, 6) is 0.911. The van der Waals surface area contributed by atoms with Crippen molar-refractivity contribution in [2.24, 2.45) is 7.05 Å². The van der Waals surface area contributed by atoms with Gasteiger partial charge in [-0.2, -0.15) is 4.31 Å². The Bertz CT molecular complexity index is 942. The summed E-state index contributed by atoms with van der Waals surface area (Å²) in [5.41, 5.74) is 1.54. The van der Waals surface area contributed by atoms with Crippen LogP contribution in [-0.4, -0.2) is 59.3 Å². The Morgan fingerprint density at radius 1 is 1.14 bits per heavy atom. The summed E-state index contributed by atoms with van der Waals surface area (Å²) >= 11 is 0. The van der Waals surface area contributed by atoms with Crippen molar-refractivity contribution in [3.8, 4) is 0 Å². The van der Waals surface area contributed by atoms with Gasteiger partial charge >= 0.3 is 0 Å². The van der Waals surface area contributed by atoms with E-state index in [1.807, 2.05) is 36.4 Å². The van der Waals surface area contributed by atoms with Crippen LogP contribution < -0.4 is 0 Å². The Morgan fingerprint density at radius 3 is 2.46 bits per heavy atom. The van der Waals surface area contributed by atoms with E-state index in [1.165, 1.54) is 0 Å². The smallest absolute Gasteiger partial charge is 0.243 e. The third-order valence-corrected chi connectivity index (χ3v) is 7.47. The molecule has 0 saturated carbocycles. The number of sulfonamides is 1. The summed E-state index contributed by atoms with van der Waals surface area (Å²) in [4.78, 5) is 19.0. The number of hydrogen-bond acceptors (Lipinski definition) is 4. The zero-order chi connectivity index (χ0) is 20.3. The SMILES string of the molecule is CCN(CC)C(=O)CCc1nc2cc(S(=O)(=O)N3CCCCC3)ccc2n1C. The fraction of sp³-hybridized carbons (Fsp3) is 0.600. The second-order valence-corrected chi connectivity index (χ2v) is 9.21. The molecule has 154 valence electrons. The predicted octanol–water partition coefficient (Wildman–Crippen LogP) is 2.55. The fourth-order valence-corrected chi connectivity index (χ4v) is 5.36. The van der Waals surface area contributed by atoms with Crippen LogP contribution in [0.2, 0.25) is 0 Å². The molecule has 1 aromatic carbocycles. The van der Waals surface area contributed by atoms with Gasteiger partial charge in [0, 0.05) is 46.1 Å². The molecule has 0 unspecified atom stereocenters. The van der Waals surface area contributed by atoms with E-state index in [2.05, 4.69) is 4.98 Å². The molecule has 1 aromatic heterocycles. The first-order valence-electron chi connectivity index (χ1n) is 10.1. The number of hydrogen-bond donors (Lipinski definition) is 0. The average Bonchev–Trinajstić information content (AvgIpc) is 3.03. The van der Waals surface area contributed by atoms with Crippen molar-refractivity contribution in [2.75, 3.05) is 26.2 Å². The molecule has 28 heavy (non-hydrogen) atoms. The van der Waals surface area contributed by atoms with Crippen molar-refractivity contribution < 1.29 is 13.2 Å². The number of rotatable bonds is 7. The molecule has 7 nitrogen and oxygen atoms in total. The maximum absolute atomic E-state index is 12.9. The van der Waals surface area contributed by atoms with Crippen LogP contribution in [0.1, 0.15) is 45.4 Å². The van der Waals surface area contributed by atoms with Gasteiger partial charge in [0.25, 0.3) is 0 Å². The van der Waals surface area contributed by atoms with Gasteiger partial charge in [-0.1, -0.05) is 6.42 Å². The molecule has 1 aliphatic rings. The van der Waals surface area contributed by atoms with E-state index in [9.17, 15) is 13.2 Å². The van der Waals surface area contributed by atoms with Crippen molar-refractivity contribution in [3.05, 3.63) is 24.0 Å². The van der Waals surface area contributed by atoms with Gasteiger partial charge in [-0.25, -0.2) is 13.4 Å². The minimum Gasteiger partial charge on any atom is -0.343 e. The van der Waals surface area contributed by atoms with Crippen LogP contribution in [0.5, 0.6) is 0 Å². The van der Waals surface area contributed by atoms with E-state index >= 15 is 0 Å². The summed E-state index contributed by atoms with van der Waals surface area (Å²) in [7, 11) is -1.57. The summed E-state index contributed by atoms with van der Waals surface area (Å²) in [6, 6.07) is 5.14. The van der Waals surface area contributed by atoms with E-state index in [-0.39, 0.29) is 5.91 Å². The normalized spacial score (nSPS) is 15.8. The lowest BCUT2D eigenvalue weighted by Gasteiger charge is -2.25. The molecule has 1 fully saturated rings. The highest BCUT2D eigenvalue weighted by Crippen LogP contribution is 2.25. The quantitative estimate of drug-likeness (QED) is 0.708. The lowest BCUT2D eigenvalue weighted by molar-refractivity contribution is -0.130. The van der Waals surface area contributed by atoms with Gasteiger partial charge in [0.2, 0.25) is 15.9 Å². The average molecular weight is 407 g/mol. The number of piperidine rings is 1. The van der Waals surface area contributed by atoms with Gasteiger partial charge in [-0.05, 0) is 44.9 Å². The molecule has 8 heteroatoms. The summed E-state index contributed by atoms with van der Waals surface area (Å²) in [6.07, 6.45) is 3.85. The Balaban J connectivity index is 1.82. The second kappa shape index (κ2) is 8.61. The second-order valence-electron chi connectivity index (χ2n) is 7.27. The molecule has 1 saturated heterocycles. The van der Waals surface area contributed by atoms with Crippen LogP contribution in [0.25, 0.3) is 11.0 Å². The first-order chi connectivity index (χ1) is 13.4. The first-order valence-corrected chi connectivity index (χ1v) is 11.6. The van der Waals surface area contributed by atoms with E-state index in [4.69, 9.17) is 0 Å². The highest BCUT2D eigenvalue weighted by atomic mass is 32.2. The lowest BCUT2D eigenvalue weighted by Crippen LogP contribution is -2.35. The largest absolute Gasteiger partial charge is 0.343 e. The van der Waals surface area contributed by atoms with E-state index in [0.717, 1.165) is 30.6 Å². The van der Waals surface area contributed by atoms with E-state index < -0.39 is 10.0 Å². The Hall–Kier alpha value is -1.93. The Kier molecular flexibility index (Phi) is 6.40. The summed E-state index contributed by atoms with van der Waals surface area (Å²) in [5, 5.41) is 0. The minimum atomic E-state index is -3.48. The molecule has 1 aliphatic heterocycles. The van der Waals surface area contributed by atoms with Crippen molar-refractivity contribution in [2.45, 2.75) is 50.8 Å². The van der Waals surface area contributed by atoms with Crippen LogP contribution >= 0.6 is 0 Å². The van der Waals surface area contributed by atoms with Crippen molar-refractivity contribution >= 4 is 27.0 Å². The molecule has 0 spiro atoms. The van der Waals surface area contributed by atoms with Crippen LogP contribution in [0.3, 0.4) is 0 Å². The monoisotopic (exact) mass is 406 g/mol. The number of imidazole rings is 1. The zero-order valence-electron chi connectivity index (χ0n) is 17.0. The standard InChI is InChI=1S/C20H30N4O3S/c1-4-23(5-2)20(25)12-11-19-21-17-15-16(9-10-18(17)22(19)3)28(26,27)24-13-7-6-8-14-24/h9-10,15H,4-8,11-14H2,1-3H3. The van der Waals surface area contributed by atoms with Crippen molar-refractivity contribution in [1.82, 2.24) is 18.8 Å². The topological polar surface area (TPSA) is 75.5 Å². The minimum absolute atomic E-state index is 0.116. The van der Waals surface area contributed by atoms with Crippen LogP contribution in [0.15, 0.2) is 23.1 Å². The predicted molar refractivity (Wildman–Crippen MR) is 110 cm³/mol. The maximum Gasteiger partial charge on any atom is 0.243 e.